The molecule has 8 nitrogen and oxygen atoms in total. The minimum atomic E-state index is -1.49. The summed E-state index contributed by atoms with van der Waals surface area (Å²) in [5.74, 6) is -3.74. The fraction of sp³-hybridized carbons (Fsp3) is 0.278. The van der Waals surface area contributed by atoms with Crippen LogP contribution >= 0.6 is 0 Å². The zero-order chi connectivity index (χ0) is 20.7. The second-order valence-corrected chi connectivity index (χ2v) is 6.47. The number of nitrogens with zero attached hydrogens (tertiary/aromatic N) is 3. The predicted octanol–water partition coefficient (Wildman–Crippen LogP) is 2.01. The van der Waals surface area contributed by atoms with E-state index in [2.05, 4.69) is 10.3 Å². The number of cyclic esters (lactones) is 1. The van der Waals surface area contributed by atoms with E-state index in [9.17, 15) is 22.8 Å². The SMILES string of the molecule is O=C1NCCN1c1ccc(-c2c(F)cc(N3C[C@H](CO)OC3=O)c(F)c2F)cn1. The van der Waals surface area contributed by atoms with E-state index in [1.165, 1.54) is 17.0 Å². The minimum Gasteiger partial charge on any atom is -0.441 e. The lowest BCUT2D eigenvalue weighted by molar-refractivity contribution is 0.0963. The quantitative estimate of drug-likeness (QED) is 0.755. The van der Waals surface area contributed by atoms with Gasteiger partial charge in [-0.05, 0) is 12.1 Å². The van der Waals surface area contributed by atoms with E-state index in [0.29, 0.717) is 19.2 Å². The minimum absolute atomic E-state index is 0.0361. The Morgan fingerprint density at radius 3 is 2.59 bits per heavy atom. The second-order valence-electron chi connectivity index (χ2n) is 6.47. The zero-order valence-electron chi connectivity index (χ0n) is 14.9. The van der Waals surface area contributed by atoms with Crippen LogP contribution < -0.4 is 15.1 Å². The van der Waals surface area contributed by atoms with E-state index in [-0.39, 0.29) is 24.0 Å². The van der Waals surface area contributed by atoms with Gasteiger partial charge in [-0.3, -0.25) is 9.80 Å². The maximum Gasteiger partial charge on any atom is 0.414 e. The van der Waals surface area contributed by atoms with Gasteiger partial charge in [0.15, 0.2) is 11.6 Å². The highest BCUT2D eigenvalue weighted by molar-refractivity contribution is 5.93. The summed E-state index contributed by atoms with van der Waals surface area (Å²) in [6, 6.07) is 3.07. The molecule has 0 radical (unpaired) electrons. The Kier molecular flexibility index (Phi) is 4.74. The van der Waals surface area contributed by atoms with Crippen LogP contribution in [0.2, 0.25) is 0 Å². The number of hydrogen-bond acceptors (Lipinski definition) is 5. The number of amides is 3. The third-order valence-corrected chi connectivity index (χ3v) is 4.68. The van der Waals surface area contributed by atoms with Gasteiger partial charge in [0, 0.05) is 30.9 Å². The fourth-order valence-corrected chi connectivity index (χ4v) is 3.24. The molecule has 3 heterocycles. The van der Waals surface area contributed by atoms with Crippen LogP contribution in [0.25, 0.3) is 11.1 Å². The van der Waals surface area contributed by atoms with Crippen LogP contribution in [0.5, 0.6) is 0 Å². The Hall–Kier alpha value is -3.34. The molecule has 1 atom stereocenters. The van der Waals surface area contributed by atoms with Crippen LogP contribution in [0.3, 0.4) is 0 Å². The third kappa shape index (κ3) is 3.23. The molecule has 2 N–H and O–H groups in total. The van der Waals surface area contributed by atoms with Gasteiger partial charge in [0.05, 0.1) is 24.4 Å². The average Bonchev–Trinajstić information content (AvgIpc) is 3.30. The number of aliphatic hydroxyl groups excluding tert-OH is 1. The lowest BCUT2D eigenvalue weighted by Crippen LogP contribution is -2.28. The number of carbonyl (C=O) groups excluding carboxylic acids is 2. The number of benzene rings is 1. The molecule has 0 unspecified atom stereocenters. The molecule has 2 aliphatic rings. The van der Waals surface area contributed by atoms with Crippen LogP contribution in [0.15, 0.2) is 24.4 Å². The van der Waals surface area contributed by atoms with Crippen molar-refractivity contribution in [3.8, 4) is 11.1 Å². The van der Waals surface area contributed by atoms with E-state index in [0.717, 1.165) is 11.1 Å². The molecule has 152 valence electrons. The van der Waals surface area contributed by atoms with E-state index < -0.39 is 47.5 Å². The summed E-state index contributed by atoms with van der Waals surface area (Å²) in [5.41, 5.74) is -1.31. The van der Waals surface area contributed by atoms with Gasteiger partial charge in [0.1, 0.15) is 17.7 Å². The number of aromatic nitrogens is 1. The molecule has 3 amide bonds. The molecule has 0 aliphatic carbocycles. The van der Waals surface area contributed by atoms with Crippen molar-refractivity contribution in [1.82, 2.24) is 10.3 Å². The van der Waals surface area contributed by atoms with Crippen molar-refractivity contribution in [1.29, 1.82) is 0 Å². The zero-order valence-corrected chi connectivity index (χ0v) is 14.9. The highest BCUT2D eigenvalue weighted by Gasteiger charge is 2.35. The average molecular weight is 408 g/mol. The molecule has 1 aromatic heterocycles. The van der Waals surface area contributed by atoms with Crippen molar-refractivity contribution in [2.75, 3.05) is 36.0 Å². The lowest BCUT2D eigenvalue weighted by Gasteiger charge is -2.17. The molecular formula is C18H15F3N4O4. The Morgan fingerprint density at radius 1 is 1.21 bits per heavy atom. The first-order valence-corrected chi connectivity index (χ1v) is 8.69. The first-order chi connectivity index (χ1) is 13.9. The number of halogens is 3. The first kappa shape index (κ1) is 19.0. The molecule has 2 aliphatic heterocycles. The van der Waals surface area contributed by atoms with Gasteiger partial charge in [0.25, 0.3) is 0 Å². The number of pyridine rings is 1. The normalized spacial score (nSPS) is 19.0. The summed E-state index contributed by atoms with van der Waals surface area (Å²) in [7, 11) is 0. The molecule has 1 aromatic carbocycles. The van der Waals surface area contributed by atoms with Crippen LogP contribution in [-0.4, -0.2) is 54.6 Å². The molecule has 29 heavy (non-hydrogen) atoms. The van der Waals surface area contributed by atoms with Crippen molar-refractivity contribution in [2.24, 2.45) is 0 Å². The summed E-state index contributed by atoms with van der Waals surface area (Å²) >= 11 is 0. The van der Waals surface area contributed by atoms with Gasteiger partial charge in [-0.25, -0.2) is 27.7 Å². The number of hydrogen-bond donors (Lipinski definition) is 2. The Labute approximate surface area is 162 Å². The van der Waals surface area contributed by atoms with Gasteiger partial charge in [0.2, 0.25) is 0 Å². The number of rotatable bonds is 4. The van der Waals surface area contributed by atoms with Crippen molar-refractivity contribution in [3.05, 3.63) is 41.8 Å². The molecule has 0 bridgehead atoms. The summed E-state index contributed by atoms with van der Waals surface area (Å²) in [6.45, 7) is 0.116. The smallest absolute Gasteiger partial charge is 0.414 e. The molecule has 2 aromatic rings. The van der Waals surface area contributed by atoms with Gasteiger partial charge in [-0.1, -0.05) is 0 Å². The number of aliphatic hydroxyl groups is 1. The highest BCUT2D eigenvalue weighted by Crippen LogP contribution is 2.35. The monoisotopic (exact) mass is 408 g/mol. The first-order valence-electron chi connectivity index (χ1n) is 8.69. The summed E-state index contributed by atoms with van der Waals surface area (Å²) in [5, 5.41) is 11.7. The number of ether oxygens (including phenoxy) is 1. The Morgan fingerprint density at radius 2 is 2.00 bits per heavy atom. The maximum atomic E-state index is 14.7. The predicted molar refractivity (Wildman–Crippen MR) is 95.0 cm³/mol. The number of carbonyl (C=O) groups is 2. The Balaban J connectivity index is 1.68. The Bertz CT molecular complexity index is 986. The number of anilines is 2. The van der Waals surface area contributed by atoms with E-state index in [1.807, 2.05) is 0 Å². The molecule has 4 rings (SSSR count). The third-order valence-electron chi connectivity index (χ3n) is 4.68. The standard InChI is InChI=1S/C18H15F3N4O4/c19-11-5-12(25-7-10(8-26)29-18(25)28)15(20)16(21)14(11)9-1-2-13(23-6-9)24-4-3-22-17(24)27/h1-2,5-6,10,26H,3-4,7-8H2,(H,22,27)/t10-/m1/s1. The lowest BCUT2D eigenvalue weighted by atomic mass is 10.0. The number of nitrogens with one attached hydrogen (secondary N) is 1. The van der Waals surface area contributed by atoms with Crippen LogP contribution in [-0.2, 0) is 4.74 Å². The molecule has 0 spiro atoms. The fourth-order valence-electron chi connectivity index (χ4n) is 3.24. The summed E-state index contributed by atoms with van der Waals surface area (Å²) in [4.78, 5) is 29.6. The van der Waals surface area contributed by atoms with Crippen molar-refractivity contribution in [3.63, 3.8) is 0 Å². The van der Waals surface area contributed by atoms with Gasteiger partial charge < -0.3 is 15.2 Å². The molecule has 11 heteroatoms. The van der Waals surface area contributed by atoms with Crippen LogP contribution in [0.4, 0.5) is 34.3 Å². The summed E-state index contributed by atoms with van der Waals surface area (Å²) < 4.78 is 48.7. The van der Waals surface area contributed by atoms with Crippen LogP contribution in [0, 0.1) is 17.5 Å². The number of urea groups is 1. The highest BCUT2D eigenvalue weighted by atomic mass is 19.2. The van der Waals surface area contributed by atoms with Crippen molar-refractivity contribution < 1.29 is 32.6 Å². The van der Waals surface area contributed by atoms with E-state index in [4.69, 9.17) is 9.84 Å². The summed E-state index contributed by atoms with van der Waals surface area (Å²) in [6.07, 6.45) is -0.787. The molecule has 0 saturated carbocycles. The van der Waals surface area contributed by atoms with E-state index in [1.54, 1.807) is 0 Å². The van der Waals surface area contributed by atoms with Crippen molar-refractivity contribution in [2.45, 2.75) is 6.10 Å². The largest absolute Gasteiger partial charge is 0.441 e. The molecule has 2 fully saturated rings. The molecule has 2 saturated heterocycles. The van der Waals surface area contributed by atoms with Crippen molar-refractivity contribution >= 4 is 23.6 Å². The van der Waals surface area contributed by atoms with E-state index >= 15 is 0 Å². The topological polar surface area (TPSA) is 95.0 Å². The molecular weight excluding hydrogens is 393 g/mol. The maximum absolute atomic E-state index is 14.7. The van der Waals surface area contributed by atoms with Gasteiger partial charge >= 0.3 is 12.1 Å². The van der Waals surface area contributed by atoms with Crippen LogP contribution in [0.1, 0.15) is 0 Å². The second kappa shape index (κ2) is 7.24. The van der Waals surface area contributed by atoms with Gasteiger partial charge in [-0.2, -0.15) is 0 Å². The van der Waals surface area contributed by atoms with Gasteiger partial charge in [-0.15, -0.1) is 0 Å².